The summed E-state index contributed by atoms with van der Waals surface area (Å²) in [4.78, 5) is 16.5. The van der Waals surface area contributed by atoms with Crippen LogP contribution in [0.15, 0.2) is 78.0 Å². The molecule has 28 heavy (non-hydrogen) atoms. The van der Waals surface area contributed by atoms with Crippen molar-refractivity contribution < 1.29 is 17.6 Å². The molecule has 3 aromatic rings. The maximum atomic E-state index is 13.2. The van der Waals surface area contributed by atoms with Crippen molar-refractivity contribution in [1.82, 2.24) is 10.3 Å². The van der Waals surface area contributed by atoms with E-state index in [-0.39, 0.29) is 17.3 Å². The Morgan fingerprint density at radius 1 is 1.07 bits per heavy atom. The van der Waals surface area contributed by atoms with Gasteiger partial charge in [0.15, 0.2) is 9.84 Å². The molecule has 0 fully saturated rings. The van der Waals surface area contributed by atoms with E-state index in [0.717, 1.165) is 17.7 Å². The van der Waals surface area contributed by atoms with Gasteiger partial charge in [0.2, 0.25) is 0 Å². The molecule has 5 nitrogen and oxygen atoms in total. The van der Waals surface area contributed by atoms with Gasteiger partial charge in [-0.3, -0.25) is 9.78 Å². The van der Waals surface area contributed by atoms with E-state index in [4.69, 9.17) is 0 Å². The number of aromatic nitrogens is 1. The van der Waals surface area contributed by atoms with Crippen molar-refractivity contribution in [3.63, 3.8) is 0 Å². The summed E-state index contributed by atoms with van der Waals surface area (Å²) in [6.07, 6.45) is 2.99. The monoisotopic (exact) mass is 398 g/mol. The molecule has 1 N–H and O–H groups in total. The number of halogens is 1. The summed E-state index contributed by atoms with van der Waals surface area (Å²) in [6.45, 7) is 1.67. The summed E-state index contributed by atoms with van der Waals surface area (Å²) in [7, 11) is -3.88. The molecule has 0 aliphatic rings. The van der Waals surface area contributed by atoms with Gasteiger partial charge in [-0.1, -0.05) is 24.3 Å². The second-order valence-electron chi connectivity index (χ2n) is 6.30. The zero-order valence-corrected chi connectivity index (χ0v) is 16.0. The molecule has 0 aliphatic heterocycles. The number of sulfone groups is 1. The van der Waals surface area contributed by atoms with Crippen LogP contribution < -0.4 is 5.32 Å². The Bertz CT molecular complexity index is 1070. The number of aryl methyl sites for hydroxylation is 1. The maximum Gasteiger partial charge on any atom is 0.251 e. The first kappa shape index (κ1) is 19.7. The van der Waals surface area contributed by atoms with Crippen molar-refractivity contribution in [2.75, 3.05) is 6.54 Å². The summed E-state index contributed by atoms with van der Waals surface area (Å²) in [5.41, 5.74) is 1.71. The largest absolute Gasteiger partial charge is 0.350 e. The Morgan fingerprint density at radius 2 is 1.79 bits per heavy atom. The highest BCUT2D eigenvalue weighted by molar-refractivity contribution is 7.91. The fourth-order valence-electron chi connectivity index (χ4n) is 2.87. The molecule has 0 bridgehead atoms. The lowest BCUT2D eigenvalue weighted by Gasteiger charge is -2.19. The zero-order chi connectivity index (χ0) is 20.1. The minimum absolute atomic E-state index is 0.0205. The lowest BCUT2D eigenvalue weighted by molar-refractivity contribution is 0.0953. The number of rotatable bonds is 6. The molecule has 1 atom stereocenters. The average Bonchev–Trinajstić information content (AvgIpc) is 2.69. The molecule has 3 rings (SSSR count). The standard InChI is InChI=1S/C21H19FN2O3S/c1-15-5-2-3-7-19(15)21(25)24-14-20(16-6-4-12-23-13-16)28(26,27)18-10-8-17(22)9-11-18/h2-13,20H,14H2,1H3,(H,24,25)/t20-/m1/s1. The first-order valence-electron chi connectivity index (χ1n) is 8.63. The number of pyridine rings is 1. The third kappa shape index (κ3) is 4.26. The number of carbonyl (C=O) groups is 1. The molecule has 2 aromatic carbocycles. The average molecular weight is 398 g/mol. The van der Waals surface area contributed by atoms with Crippen LogP contribution in [-0.4, -0.2) is 25.9 Å². The molecule has 1 heterocycles. The highest BCUT2D eigenvalue weighted by Crippen LogP contribution is 2.28. The predicted octanol–water partition coefficient (Wildman–Crippen LogP) is 3.47. The second-order valence-corrected chi connectivity index (χ2v) is 8.43. The van der Waals surface area contributed by atoms with Crippen LogP contribution in [0.4, 0.5) is 4.39 Å². The van der Waals surface area contributed by atoms with Crippen molar-refractivity contribution in [2.24, 2.45) is 0 Å². The maximum absolute atomic E-state index is 13.2. The first-order chi connectivity index (χ1) is 13.4. The molecule has 144 valence electrons. The number of carbonyl (C=O) groups excluding carboxylic acids is 1. The van der Waals surface area contributed by atoms with Crippen LogP contribution in [0.1, 0.15) is 26.7 Å². The Balaban J connectivity index is 1.91. The minimum atomic E-state index is -3.88. The molecule has 0 saturated carbocycles. The fraction of sp³-hybridized carbons (Fsp3) is 0.143. The molecular weight excluding hydrogens is 379 g/mol. The Labute approximate surface area is 163 Å². The summed E-state index contributed by atoms with van der Waals surface area (Å²) < 4.78 is 39.5. The molecule has 0 aliphatic carbocycles. The molecule has 0 spiro atoms. The van der Waals surface area contributed by atoms with Gasteiger partial charge in [-0.05, 0) is 54.4 Å². The number of nitrogens with zero attached hydrogens (tertiary/aromatic N) is 1. The van der Waals surface area contributed by atoms with E-state index in [9.17, 15) is 17.6 Å². The van der Waals surface area contributed by atoms with Crippen LogP contribution in [0, 0.1) is 12.7 Å². The van der Waals surface area contributed by atoms with E-state index >= 15 is 0 Å². The summed E-state index contributed by atoms with van der Waals surface area (Å²) >= 11 is 0. The van der Waals surface area contributed by atoms with Crippen LogP contribution in [0.5, 0.6) is 0 Å². The molecule has 7 heteroatoms. The van der Waals surface area contributed by atoms with E-state index in [0.29, 0.717) is 11.1 Å². The summed E-state index contributed by atoms with van der Waals surface area (Å²) in [5, 5.41) is 1.65. The molecule has 0 radical (unpaired) electrons. The number of hydrogen-bond acceptors (Lipinski definition) is 4. The second kappa shape index (κ2) is 8.31. The van der Waals surface area contributed by atoms with Crippen molar-refractivity contribution >= 4 is 15.7 Å². The van der Waals surface area contributed by atoms with Gasteiger partial charge in [0, 0.05) is 24.5 Å². The first-order valence-corrected chi connectivity index (χ1v) is 10.2. The van der Waals surface area contributed by atoms with Gasteiger partial charge in [-0.25, -0.2) is 12.8 Å². The van der Waals surface area contributed by atoms with Crippen LogP contribution in [0.2, 0.25) is 0 Å². The Hall–Kier alpha value is -3.06. The van der Waals surface area contributed by atoms with Gasteiger partial charge in [-0.15, -0.1) is 0 Å². The van der Waals surface area contributed by atoms with Crippen LogP contribution in [0.25, 0.3) is 0 Å². The number of nitrogens with one attached hydrogen (secondary N) is 1. The van der Waals surface area contributed by atoms with Gasteiger partial charge in [0.25, 0.3) is 5.91 Å². The highest BCUT2D eigenvalue weighted by Gasteiger charge is 2.30. The van der Waals surface area contributed by atoms with Crippen molar-refractivity contribution in [3.8, 4) is 0 Å². The number of benzene rings is 2. The van der Waals surface area contributed by atoms with E-state index in [1.165, 1.54) is 24.5 Å². The third-order valence-corrected chi connectivity index (χ3v) is 6.53. The van der Waals surface area contributed by atoms with Gasteiger partial charge in [0.05, 0.1) is 4.90 Å². The van der Waals surface area contributed by atoms with E-state index in [1.807, 2.05) is 19.1 Å². The number of amides is 1. The van der Waals surface area contributed by atoms with Crippen molar-refractivity contribution in [1.29, 1.82) is 0 Å². The fourth-order valence-corrected chi connectivity index (χ4v) is 4.51. The van der Waals surface area contributed by atoms with Gasteiger partial charge >= 0.3 is 0 Å². The normalized spacial score (nSPS) is 12.4. The molecule has 0 saturated heterocycles. The van der Waals surface area contributed by atoms with Gasteiger partial charge in [-0.2, -0.15) is 0 Å². The molecular formula is C21H19FN2O3S. The summed E-state index contributed by atoms with van der Waals surface area (Å²) in [5.74, 6) is -0.883. The van der Waals surface area contributed by atoms with Crippen LogP contribution in [0.3, 0.4) is 0 Å². The van der Waals surface area contributed by atoms with Crippen LogP contribution in [-0.2, 0) is 9.84 Å². The molecule has 1 aromatic heterocycles. The smallest absolute Gasteiger partial charge is 0.251 e. The van der Waals surface area contributed by atoms with Crippen molar-refractivity contribution in [2.45, 2.75) is 17.1 Å². The minimum Gasteiger partial charge on any atom is -0.350 e. The van der Waals surface area contributed by atoms with Crippen molar-refractivity contribution in [3.05, 3.63) is 95.6 Å². The number of hydrogen-bond donors (Lipinski definition) is 1. The summed E-state index contributed by atoms with van der Waals surface area (Å²) in [6, 6.07) is 15.0. The van der Waals surface area contributed by atoms with E-state index in [2.05, 4.69) is 10.3 Å². The zero-order valence-electron chi connectivity index (χ0n) is 15.2. The lowest BCUT2D eigenvalue weighted by Crippen LogP contribution is -2.32. The van der Waals surface area contributed by atoms with Crippen LogP contribution >= 0.6 is 0 Å². The Kier molecular flexibility index (Phi) is 5.84. The quantitative estimate of drug-likeness (QED) is 0.645. The highest BCUT2D eigenvalue weighted by atomic mass is 32.2. The van der Waals surface area contributed by atoms with E-state index in [1.54, 1.807) is 24.3 Å². The topological polar surface area (TPSA) is 76.1 Å². The molecule has 0 unspecified atom stereocenters. The van der Waals surface area contributed by atoms with Gasteiger partial charge in [0.1, 0.15) is 11.1 Å². The lowest BCUT2D eigenvalue weighted by atomic mass is 10.1. The third-order valence-electron chi connectivity index (χ3n) is 4.41. The SMILES string of the molecule is Cc1ccccc1C(=O)NC[C@H](c1cccnc1)S(=O)(=O)c1ccc(F)cc1. The predicted molar refractivity (Wildman–Crippen MR) is 104 cm³/mol. The van der Waals surface area contributed by atoms with E-state index < -0.39 is 20.9 Å². The Morgan fingerprint density at radius 3 is 2.43 bits per heavy atom. The van der Waals surface area contributed by atoms with Gasteiger partial charge < -0.3 is 5.32 Å². The molecule has 1 amide bonds.